The van der Waals surface area contributed by atoms with E-state index >= 15 is 0 Å². The van der Waals surface area contributed by atoms with Gasteiger partial charge < -0.3 is 19.7 Å². The molecule has 2 heterocycles. The molecule has 8 nitrogen and oxygen atoms in total. The first-order valence-corrected chi connectivity index (χ1v) is 12.4. The highest BCUT2D eigenvalue weighted by molar-refractivity contribution is 6.01. The summed E-state index contributed by atoms with van der Waals surface area (Å²) in [6.45, 7) is 0.841. The molecular weight excluding hydrogens is 446 g/mol. The van der Waals surface area contributed by atoms with E-state index in [-0.39, 0.29) is 49.0 Å². The maximum atomic E-state index is 13.4. The van der Waals surface area contributed by atoms with Crippen LogP contribution in [0.5, 0.6) is 11.5 Å². The zero-order chi connectivity index (χ0) is 24.2. The van der Waals surface area contributed by atoms with Gasteiger partial charge in [-0.05, 0) is 62.1 Å². The molecule has 8 heteroatoms. The molecule has 3 aliphatic rings. The Morgan fingerprint density at radius 2 is 1.69 bits per heavy atom. The van der Waals surface area contributed by atoms with Crippen LogP contribution in [0.4, 0.5) is 10.5 Å². The van der Waals surface area contributed by atoms with Gasteiger partial charge in [0.05, 0.1) is 18.6 Å². The number of nitrogens with zero attached hydrogens (tertiary/aromatic N) is 2. The number of rotatable bonds is 7. The Kier molecular flexibility index (Phi) is 6.99. The monoisotopic (exact) mass is 477 g/mol. The molecule has 0 bridgehead atoms. The van der Waals surface area contributed by atoms with Crippen molar-refractivity contribution < 1.29 is 23.9 Å². The van der Waals surface area contributed by atoms with Crippen molar-refractivity contribution in [2.45, 2.75) is 50.7 Å². The maximum Gasteiger partial charge on any atom is 0.327 e. The van der Waals surface area contributed by atoms with Crippen molar-refractivity contribution >= 4 is 23.5 Å². The number of anilines is 1. The molecule has 4 amide bonds. The molecule has 1 N–H and O–H groups in total. The predicted molar refractivity (Wildman–Crippen MR) is 130 cm³/mol. The van der Waals surface area contributed by atoms with Gasteiger partial charge in [-0.25, -0.2) is 4.79 Å². The topological polar surface area (TPSA) is 88.2 Å². The third-order valence-electron chi connectivity index (χ3n) is 7.03. The lowest BCUT2D eigenvalue weighted by Crippen LogP contribution is -2.64. The van der Waals surface area contributed by atoms with Crippen LogP contribution >= 0.6 is 0 Å². The molecule has 35 heavy (non-hydrogen) atoms. The van der Waals surface area contributed by atoms with Gasteiger partial charge in [0.1, 0.15) is 18.0 Å². The summed E-state index contributed by atoms with van der Waals surface area (Å²) in [7, 11) is 0. The van der Waals surface area contributed by atoms with Gasteiger partial charge in [0.2, 0.25) is 11.8 Å². The van der Waals surface area contributed by atoms with E-state index in [1.54, 1.807) is 29.2 Å². The molecule has 2 aliphatic heterocycles. The Labute approximate surface area is 205 Å². The number of ether oxygens (including phenoxy) is 2. The molecule has 1 aliphatic carbocycles. The van der Waals surface area contributed by atoms with Crippen LogP contribution < -0.4 is 10.1 Å². The summed E-state index contributed by atoms with van der Waals surface area (Å²) in [5.74, 6) is 0.752. The molecule has 3 unspecified atom stereocenters. The summed E-state index contributed by atoms with van der Waals surface area (Å²) in [6, 6.07) is 16.0. The van der Waals surface area contributed by atoms with Gasteiger partial charge in [-0.15, -0.1) is 0 Å². The molecule has 2 saturated heterocycles. The van der Waals surface area contributed by atoms with Crippen LogP contribution in [0.25, 0.3) is 0 Å². The van der Waals surface area contributed by atoms with Crippen molar-refractivity contribution in [1.82, 2.24) is 9.80 Å². The Balaban J connectivity index is 1.24. The molecule has 1 saturated carbocycles. The van der Waals surface area contributed by atoms with Crippen molar-refractivity contribution in [3.05, 3.63) is 54.6 Å². The second-order valence-electron chi connectivity index (χ2n) is 9.44. The number of amides is 4. The van der Waals surface area contributed by atoms with E-state index in [1.165, 1.54) is 4.90 Å². The normalized spacial score (nSPS) is 24.3. The SMILES string of the molecule is O=C(CN1C(=O)N(CC2CCCO2)C(=O)C2CCCCC21)Nc1ccc(Oc2ccccc2)cc1. The molecule has 5 rings (SSSR count). The van der Waals surface area contributed by atoms with Crippen LogP contribution in [0, 0.1) is 5.92 Å². The van der Waals surface area contributed by atoms with E-state index in [0.717, 1.165) is 44.3 Å². The van der Waals surface area contributed by atoms with E-state index < -0.39 is 0 Å². The molecule has 2 aromatic rings. The van der Waals surface area contributed by atoms with Crippen molar-refractivity contribution in [3.8, 4) is 11.5 Å². The van der Waals surface area contributed by atoms with Crippen molar-refractivity contribution in [1.29, 1.82) is 0 Å². The molecule has 0 radical (unpaired) electrons. The number of carbonyl (C=O) groups is 3. The standard InChI is InChI=1S/C27H31N3O5/c31-25(28-19-12-14-21(15-13-19)35-20-7-2-1-3-8-20)18-29-24-11-5-4-10-23(24)26(32)30(27(29)33)17-22-9-6-16-34-22/h1-3,7-8,12-15,22-24H,4-6,9-11,16-18H2,(H,28,31). The molecule has 184 valence electrons. The highest BCUT2D eigenvalue weighted by Crippen LogP contribution is 2.35. The number of carbonyl (C=O) groups excluding carboxylic acids is 3. The number of nitrogens with one attached hydrogen (secondary N) is 1. The minimum Gasteiger partial charge on any atom is -0.457 e. The summed E-state index contributed by atoms with van der Waals surface area (Å²) >= 11 is 0. The molecule has 3 atom stereocenters. The largest absolute Gasteiger partial charge is 0.457 e. The first-order valence-electron chi connectivity index (χ1n) is 12.4. The van der Waals surface area contributed by atoms with E-state index in [0.29, 0.717) is 18.0 Å². The van der Waals surface area contributed by atoms with Crippen LogP contribution in [0.1, 0.15) is 38.5 Å². The molecule has 0 spiro atoms. The summed E-state index contributed by atoms with van der Waals surface area (Å²) < 4.78 is 11.5. The average molecular weight is 478 g/mol. The lowest BCUT2D eigenvalue weighted by Gasteiger charge is -2.46. The number of urea groups is 1. The van der Waals surface area contributed by atoms with Gasteiger partial charge in [-0.3, -0.25) is 14.5 Å². The molecule has 3 fully saturated rings. The fraction of sp³-hybridized carbons (Fsp3) is 0.444. The zero-order valence-electron chi connectivity index (χ0n) is 19.7. The Morgan fingerprint density at radius 3 is 2.43 bits per heavy atom. The summed E-state index contributed by atoms with van der Waals surface area (Å²) in [5.41, 5.74) is 0.618. The molecule has 0 aromatic heterocycles. The van der Waals surface area contributed by atoms with Crippen molar-refractivity contribution in [2.24, 2.45) is 5.92 Å². The number of imide groups is 1. The van der Waals surface area contributed by atoms with E-state index in [4.69, 9.17) is 9.47 Å². The van der Waals surface area contributed by atoms with E-state index in [9.17, 15) is 14.4 Å². The number of para-hydroxylation sites is 1. The number of hydrogen-bond acceptors (Lipinski definition) is 5. The minimum absolute atomic E-state index is 0.0857. The first-order chi connectivity index (χ1) is 17.1. The van der Waals surface area contributed by atoms with Gasteiger partial charge in [0, 0.05) is 18.3 Å². The number of hydrogen-bond donors (Lipinski definition) is 1. The molecular formula is C27H31N3O5. The van der Waals surface area contributed by atoms with Crippen molar-refractivity contribution in [2.75, 3.05) is 25.0 Å². The fourth-order valence-electron chi connectivity index (χ4n) is 5.29. The van der Waals surface area contributed by atoms with Crippen LogP contribution in [0.2, 0.25) is 0 Å². The smallest absolute Gasteiger partial charge is 0.327 e. The van der Waals surface area contributed by atoms with Crippen LogP contribution in [-0.2, 0) is 14.3 Å². The van der Waals surface area contributed by atoms with Crippen LogP contribution in [-0.4, -0.2) is 59.5 Å². The van der Waals surface area contributed by atoms with Gasteiger partial charge in [-0.2, -0.15) is 0 Å². The van der Waals surface area contributed by atoms with E-state index in [2.05, 4.69) is 5.32 Å². The van der Waals surface area contributed by atoms with Gasteiger partial charge >= 0.3 is 6.03 Å². The Bertz CT molecular complexity index is 1050. The lowest BCUT2D eigenvalue weighted by molar-refractivity contribution is -0.143. The lowest BCUT2D eigenvalue weighted by atomic mass is 9.81. The second kappa shape index (κ2) is 10.5. The van der Waals surface area contributed by atoms with Crippen LogP contribution in [0.3, 0.4) is 0 Å². The average Bonchev–Trinajstić information content (AvgIpc) is 3.40. The maximum absolute atomic E-state index is 13.4. The Morgan fingerprint density at radius 1 is 0.943 bits per heavy atom. The zero-order valence-corrected chi connectivity index (χ0v) is 19.7. The van der Waals surface area contributed by atoms with Crippen molar-refractivity contribution in [3.63, 3.8) is 0 Å². The van der Waals surface area contributed by atoms with Gasteiger partial charge in [0.15, 0.2) is 0 Å². The second-order valence-corrected chi connectivity index (χ2v) is 9.44. The highest BCUT2D eigenvalue weighted by Gasteiger charge is 2.48. The molecule has 2 aromatic carbocycles. The van der Waals surface area contributed by atoms with Gasteiger partial charge in [0.25, 0.3) is 0 Å². The van der Waals surface area contributed by atoms with Gasteiger partial charge in [-0.1, -0.05) is 31.0 Å². The number of benzene rings is 2. The first kappa shape index (κ1) is 23.4. The Hall–Kier alpha value is -3.39. The minimum atomic E-state index is -0.379. The quantitative estimate of drug-likeness (QED) is 0.638. The highest BCUT2D eigenvalue weighted by atomic mass is 16.5. The van der Waals surface area contributed by atoms with Crippen LogP contribution in [0.15, 0.2) is 54.6 Å². The summed E-state index contributed by atoms with van der Waals surface area (Å²) in [6.07, 6.45) is 5.08. The van der Waals surface area contributed by atoms with E-state index in [1.807, 2.05) is 30.3 Å². The third kappa shape index (κ3) is 5.32. The number of fused-ring (bicyclic) bond motifs is 1. The predicted octanol–water partition coefficient (Wildman–Crippen LogP) is 4.42. The fourth-order valence-corrected chi connectivity index (χ4v) is 5.29. The third-order valence-corrected chi connectivity index (χ3v) is 7.03. The summed E-state index contributed by atoms with van der Waals surface area (Å²) in [5, 5.41) is 2.88. The summed E-state index contributed by atoms with van der Waals surface area (Å²) in [4.78, 5) is 42.4.